The Morgan fingerprint density at radius 2 is 2.11 bits per heavy atom. The van der Waals surface area contributed by atoms with Gasteiger partial charge in [-0.2, -0.15) is 10.2 Å². The maximum atomic E-state index is 13.1. The van der Waals surface area contributed by atoms with Gasteiger partial charge >= 0.3 is 0 Å². The Bertz CT molecular complexity index is 1140. The molecule has 0 fully saturated rings. The second kappa shape index (κ2) is 7.20. The molecule has 0 aliphatic carbocycles. The first kappa shape index (κ1) is 18.4. The van der Waals surface area contributed by atoms with E-state index in [1.807, 2.05) is 42.1 Å². The fourth-order valence-electron chi connectivity index (χ4n) is 3.44. The number of nitrogens with zero attached hydrogens (tertiary/aromatic N) is 6. The van der Waals surface area contributed by atoms with Crippen molar-refractivity contribution in [2.45, 2.75) is 33.9 Å². The Morgan fingerprint density at radius 3 is 2.79 bits per heavy atom. The zero-order valence-corrected chi connectivity index (χ0v) is 17.2. The molecule has 8 heteroatoms. The number of amides is 1. The van der Waals surface area contributed by atoms with Crippen LogP contribution in [-0.2, 0) is 13.1 Å². The number of hydrogen-bond acceptors (Lipinski definition) is 5. The van der Waals surface area contributed by atoms with Gasteiger partial charge in [0.05, 0.1) is 22.5 Å². The number of carbonyl (C=O) groups is 1. The summed E-state index contributed by atoms with van der Waals surface area (Å²) in [4.78, 5) is 20.3. The summed E-state index contributed by atoms with van der Waals surface area (Å²) in [5.41, 5.74) is 5.13. The third-order valence-electron chi connectivity index (χ3n) is 4.98. The summed E-state index contributed by atoms with van der Waals surface area (Å²) in [6.45, 7) is 7.40. The molecule has 7 nitrogen and oxygen atoms in total. The lowest BCUT2D eigenvalue weighted by Gasteiger charge is -2.17. The van der Waals surface area contributed by atoms with Gasteiger partial charge in [0.1, 0.15) is 5.56 Å². The molecule has 0 radical (unpaired) electrons. The van der Waals surface area contributed by atoms with Crippen molar-refractivity contribution in [2.75, 3.05) is 7.05 Å². The number of thiophene rings is 1. The largest absolute Gasteiger partial charge is 0.337 e. The van der Waals surface area contributed by atoms with E-state index in [-0.39, 0.29) is 5.91 Å². The lowest BCUT2D eigenvalue weighted by molar-refractivity contribution is 0.0786. The first-order chi connectivity index (χ1) is 13.5. The summed E-state index contributed by atoms with van der Waals surface area (Å²) in [6.07, 6.45) is 3.33. The van der Waals surface area contributed by atoms with Crippen LogP contribution >= 0.6 is 11.3 Å². The zero-order valence-electron chi connectivity index (χ0n) is 16.4. The molecule has 0 spiro atoms. The molecule has 0 saturated heterocycles. The molecule has 28 heavy (non-hydrogen) atoms. The molecule has 4 aromatic rings. The van der Waals surface area contributed by atoms with Crippen LogP contribution in [0.4, 0.5) is 0 Å². The van der Waals surface area contributed by atoms with Gasteiger partial charge in [0.2, 0.25) is 0 Å². The number of hydrogen-bond donors (Lipinski definition) is 0. The Hall–Kier alpha value is -3.00. The average molecular weight is 395 g/mol. The standard InChI is InChI=1S/C20H22N6OS/c1-5-25-14(3)16(13(2)23-25)12-24(4)20(27)15-11-22-26-17(8-9-21-19(15)26)18-7-6-10-28-18/h6-11H,5,12H2,1-4H3. The predicted molar refractivity (Wildman–Crippen MR) is 109 cm³/mol. The summed E-state index contributed by atoms with van der Waals surface area (Å²) < 4.78 is 3.70. The second-order valence-electron chi connectivity index (χ2n) is 6.73. The first-order valence-corrected chi connectivity index (χ1v) is 10.0. The quantitative estimate of drug-likeness (QED) is 0.519. The molecule has 4 rings (SSSR count). The average Bonchev–Trinajstić information content (AvgIpc) is 3.42. The van der Waals surface area contributed by atoms with Crippen molar-refractivity contribution in [3.63, 3.8) is 0 Å². The van der Waals surface area contributed by atoms with Crippen LogP contribution in [0.5, 0.6) is 0 Å². The van der Waals surface area contributed by atoms with Crippen molar-refractivity contribution < 1.29 is 4.79 Å². The summed E-state index contributed by atoms with van der Waals surface area (Å²) in [5, 5.41) is 11.0. The highest BCUT2D eigenvalue weighted by atomic mass is 32.1. The Kier molecular flexibility index (Phi) is 4.72. The SMILES string of the molecule is CCn1nc(C)c(CN(C)C(=O)c2cnn3c(-c4cccs4)ccnc23)c1C. The third kappa shape index (κ3) is 2.99. The van der Waals surface area contributed by atoms with Gasteiger partial charge in [0.25, 0.3) is 5.91 Å². The monoisotopic (exact) mass is 394 g/mol. The van der Waals surface area contributed by atoms with Crippen molar-refractivity contribution in [2.24, 2.45) is 0 Å². The van der Waals surface area contributed by atoms with Crippen LogP contribution in [0.1, 0.15) is 34.2 Å². The molecule has 0 atom stereocenters. The van der Waals surface area contributed by atoms with E-state index in [9.17, 15) is 4.79 Å². The van der Waals surface area contributed by atoms with Gasteiger partial charge in [-0.25, -0.2) is 9.50 Å². The maximum absolute atomic E-state index is 13.1. The van der Waals surface area contributed by atoms with Gasteiger partial charge < -0.3 is 4.90 Å². The van der Waals surface area contributed by atoms with Crippen molar-refractivity contribution in [1.29, 1.82) is 0 Å². The molecule has 0 aromatic carbocycles. The van der Waals surface area contributed by atoms with E-state index in [4.69, 9.17) is 0 Å². The molecule has 0 aliphatic heterocycles. The van der Waals surface area contributed by atoms with Crippen LogP contribution in [0.3, 0.4) is 0 Å². The van der Waals surface area contributed by atoms with Gasteiger partial charge in [0.15, 0.2) is 5.65 Å². The minimum absolute atomic E-state index is 0.103. The topological polar surface area (TPSA) is 68.3 Å². The minimum Gasteiger partial charge on any atom is -0.337 e. The molecule has 144 valence electrons. The molecule has 1 amide bonds. The van der Waals surface area contributed by atoms with E-state index in [0.29, 0.717) is 17.8 Å². The smallest absolute Gasteiger partial charge is 0.259 e. The fourth-order valence-corrected chi connectivity index (χ4v) is 4.17. The zero-order chi connectivity index (χ0) is 19.8. The Balaban J connectivity index is 1.66. The molecule has 0 unspecified atom stereocenters. The summed E-state index contributed by atoms with van der Waals surface area (Å²) in [7, 11) is 1.80. The van der Waals surface area contributed by atoms with Gasteiger partial charge in [-0.15, -0.1) is 11.3 Å². The lowest BCUT2D eigenvalue weighted by atomic mass is 10.1. The van der Waals surface area contributed by atoms with E-state index in [1.54, 1.807) is 40.2 Å². The number of aryl methyl sites for hydroxylation is 2. The number of rotatable bonds is 5. The van der Waals surface area contributed by atoms with E-state index in [0.717, 1.165) is 34.1 Å². The predicted octanol–water partition coefficient (Wildman–Crippen LogP) is 3.56. The van der Waals surface area contributed by atoms with Crippen molar-refractivity contribution in [3.8, 4) is 10.6 Å². The summed E-state index contributed by atoms with van der Waals surface area (Å²) >= 11 is 1.63. The molecule has 0 bridgehead atoms. The van der Waals surface area contributed by atoms with Gasteiger partial charge in [-0.3, -0.25) is 9.48 Å². The van der Waals surface area contributed by atoms with E-state index in [2.05, 4.69) is 22.1 Å². The van der Waals surface area contributed by atoms with Gasteiger partial charge in [-0.05, 0) is 38.3 Å². The van der Waals surface area contributed by atoms with Crippen LogP contribution < -0.4 is 0 Å². The van der Waals surface area contributed by atoms with Crippen molar-refractivity contribution in [1.82, 2.24) is 29.3 Å². The van der Waals surface area contributed by atoms with E-state index >= 15 is 0 Å². The van der Waals surface area contributed by atoms with Crippen molar-refractivity contribution >= 4 is 22.9 Å². The first-order valence-electron chi connectivity index (χ1n) is 9.16. The van der Waals surface area contributed by atoms with E-state index in [1.165, 1.54) is 0 Å². The summed E-state index contributed by atoms with van der Waals surface area (Å²) in [5.74, 6) is -0.103. The van der Waals surface area contributed by atoms with Gasteiger partial charge in [0, 0.05) is 37.6 Å². The lowest BCUT2D eigenvalue weighted by Crippen LogP contribution is -2.26. The van der Waals surface area contributed by atoms with Crippen LogP contribution in [0.15, 0.2) is 36.0 Å². The molecular formula is C20H22N6OS. The van der Waals surface area contributed by atoms with Crippen LogP contribution in [-0.4, -0.2) is 42.2 Å². The highest BCUT2D eigenvalue weighted by molar-refractivity contribution is 7.13. The molecule has 0 saturated carbocycles. The fraction of sp³-hybridized carbons (Fsp3) is 0.300. The Morgan fingerprint density at radius 1 is 1.29 bits per heavy atom. The number of carbonyl (C=O) groups excluding carboxylic acids is 1. The second-order valence-corrected chi connectivity index (χ2v) is 7.68. The Labute approximate surface area is 167 Å². The molecule has 4 aromatic heterocycles. The van der Waals surface area contributed by atoms with Gasteiger partial charge in [-0.1, -0.05) is 6.07 Å². The minimum atomic E-state index is -0.103. The maximum Gasteiger partial charge on any atom is 0.259 e. The molecule has 0 N–H and O–H groups in total. The summed E-state index contributed by atoms with van der Waals surface area (Å²) in [6, 6.07) is 5.94. The number of fused-ring (bicyclic) bond motifs is 1. The van der Waals surface area contributed by atoms with E-state index < -0.39 is 0 Å². The van der Waals surface area contributed by atoms with Crippen LogP contribution in [0, 0.1) is 13.8 Å². The molecule has 4 heterocycles. The third-order valence-corrected chi connectivity index (χ3v) is 5.87. The molecular weight excluding hydrogens is 372 g/mol. The molecule has 0 aliphatic rings. The normalized spacial score (nSPS) is 11.3. The van der Waals surface area contributed by atoms with Crippen LogP contribution in [0.2, 0.25) is 0 Å². The van der Waals surface area contributed by atoms with Crippen LogP contribution in [0.25, 0.3) is 16.2 Å². The number of aromatic nitrogens is 5. The van der Waals surface area contributed by atoms with Crippen molar-refractivity contribution in [3.05, 3.63) is 58.5 Å². The highest BCUT2D eigenvalue weighted by Gasteiger charge is 2.22. The highest BCUT2D eigenvalue weighted by Crippen LogP contribution is 2.26.